The Morgan fingerprint density at radius 1 is 1.00 bits per heavy atom. The number of hydrogen-bond acceptors (Lipinski definition) is 2. The lowest BCUT2D eigenvalue weighted by atomic mass is 10.1. The van der Waals surface area contributed by atoms with Gasteiger partial charge >= 0.3 is 0 Å². The number of benzene rings is 2. The molecule has 0 fully saturated rings. The average Bonchev–Trinajstić information content (AvgIpc) is 2.52. The van der Waals surface area contributed by atoms with Gasteiger partial charge in [0.2, 0.25) is 0 Å². The summed E-state index contributed by atoms with van der Waals surface area (Å²) in [6.45, 7) is 0.0500. The van der Waals surface area contributed by atoms with E-state index in [0.29, 0.717) is 5.02 Å². The Hall–Kier alpha value is -2.16. The van der Waals surface area contributed by atoms with Crippen LogP contribution in [0.2, 0.25) is 5.02 Å². The zero-order valence-corrected chi connectivity index (χ0v) is 12.1. The Kier molecular flexibility index (Phi) is 4.00. The summed E-state index contributed by atoms with van der Waals surface area (Å²) in [6.07, 6.45) is 3.94. The molecule has 0 bridgehead atoms. The number of aromatic nitrogens is 1. The molecule has 2 nitrogen and oxygen atoms in total. The number of pyridine rings is 1. The first-order valence-electron chi connectivity index (χ1n) is 6.69. The summed E-state index contributed by atoms with van der Waals surface area (Å²) in [5.74, 6) is 0. The minimum absolute atomic E-state index is 0.0500. The normalized spacial score (nSPS) is 11.3. The third kappa shape index (κ3) is 3.30. The molecular weight excluding hydrogens is 282 g/mol. The second kappa shape index (κ2) is 6.08. The van der Waals surface area contributed by atoms with E-state index in [4.69, 9.17) is 16.7 Å². The average molecular weight is 296 g/mol. The first-order valence-corrected chi connectivity index (χ1v) is 7.06. The van der Waals surface area contributed by atoms with E-state index in [9.17, 15) is 0 Å². The molecule has 3 rings (SSSR count). The third-order valence-electron chi connectivity index (χ3n) is 3.26. The smallest absolute Gasteiger partial charge is 0.0724 e. The second-order valence-corrected chi connectivity index (χ2v) is 5.25. The molecule has 104 valence electrons. The molecule has 0 aliphatic heterocycles. The van der Waals surface area contributed by atoms with E-state index in [0.717, 1.165) is 27.7 Å². The molecule has 0 amide bonds. The summed E-state index contributed by atoms with van der Waals surface area (Å²) in [4.78, 5) is 4.57. The van der Waals surface area contributed by atoms with Gasteiger partial charge in [-0.3, -0.25) is 0 Å². The van der Waals surface area contributed by atoms with Crippen LogP contribution >= 0.6 is 11.6 Å². The van der Waals surface area contributed by atoms with Gasteiger partial charge in [-0.2, -0.15) is 0 Å². The Balaban J connectivity index is 1.91. The lowest BCUT2D eigenvalue weighted by Gasteiger charge is -2.00. The van der Waals surface area contributed by atoms with Gasteiger partial charge in [-0.1, -0.05) is 48.0 Å². The topological polar surface area (TPSA) is 33.1 Å². The molecule has 0 unspecified atom stereocenters. The van der Waals surface area contributed by atoms with Gasteiger partial charge in [0.05, 0.1) is 17.8 Å². The van der Waals surface area contributed by atoms with Crippen LogP contribution in [0.4, 0.5) is 0 Å². The van der Waals surface area contributed by atoms with Gasteiger partial charge in [0.15, 0.2) is 0 Å². The van der Waals surface area contributed by atoms with Crippen molar-refractivity contribution in [3.8, 4) is 0 Å². The molecule has 3 heteroatoms. The number of fused-ring (bicyclic) bond motifs is 1. The van der Waals surface area contributed by atoms with Crippen LogP contribution in [0.3, 0.4) is 0 Å². The molecule has 21 heavy (non-hydrogen) atoms. The van der Waals surface area contributed by atoms with Crippen LogP contribution in [0.25, 0.3) is 23.1 Å². The van der Waals surface area contributed by atoms with Gasteiger partial charge in [-0.05, 0) is 41.5 Å². The van der Waals surface area contributed by atoms with Crippen molar-refractivity contribution in [2.24, 2.45) is 0 Å². The van der Waals surface area contributed by atoms with Crippen LogP contribution in [0.1, 0.15) is 16.8 Å². The Morgan fingerprint density at radius 3 is 2.71 bits per heavy atom. The summed E-state index contributed by atoms with van der Waals surface area (Å²) >= 11 is 6.00. The lowest BCUT2D eigenvalue weighted by molar-refractivity contribution is 0.282. The standard InChI is InChI=1S/C18H14ClNO/c19-16-7-5-15-6-9-17(20-18(15)11-16)8-4-13-2-1-3-14(10-13)12-21/h1-11,21H,12H2. The molecule has 1 heterocycles. The van der Waals surface area contributed by atoms with Crippen molar-refractivity contribution in [1.29, 1.82) is 0 Å². The van der Waals surface area contributed by atoms with Crippen LogP contribution in [-0.2, 0) is 6.61 Å². The summed E-state index contributed by atoms with van der Waals surface area (Å²) in [6, 6.07) is 17.5. The maximum absolute atomic E-state index is 9.14. The van der Waals surface area contributed by atoms with E-state index in [1.807, 2.05) is 66.7 Å². The minimum Gasteiger partial charge on any atom is -0.392 e. The fraction of sp³-hybridized carbons (Fsp3) is 0.0556. The fourth-order valence-electron chi connectivity index (χ4n) is 2.18. The maximum atomic E-state index is 9.14. The number of rotatable bonds is 3. The molecule has 2 aromatic carbocycles. The van der Waals surface area contributed by atoms with Crippen molar-refractivity contribution in [2.75, 3.05) is 0 Å². The second-order valence-electron chi connectivity index (χ2n) is 4.81. The van der Waals surface area contributed by atoms with Crippen molar-refractivity contribution in [1.82, 2.24) is 4.98 Å². The molecule has 3 aromatic rings. The van der Waals surface area contributed by atoms with E-state index in [2.05, 4.69) is 4.98 Å². The number of nitrogens with zero attached hydrogens (tertiary/aromatic N) is 1. The molecular formula is C18H14ClNO. The Morgan fingerprint density at radius 2 is 1.86 bits per heavy atom. The lowest BCUT2D eigenvalue weighted by Crippen LogP contribution is -1.84. The number of hydrogen-bond donors (Lipinski definition) is 1. The largest absolute Gasteiger partial charge is 0.392 e. The van der Waals surface area contributed by atoms with Crippen molar-refractivity contribution in [3.63, 3.8) is 0 Å². The van der Waals surface area contributed by atoms with Gasteiger partial charge < -0.3 is 5.11 Å². The Labute approximate surface area is 128 Å². The first kappa shape index (κ1) is 13.8. The predicted octanol–water partition coefficient (Wildman–Crippen LogP) is 4.55. The molecule has 0 aliphatic rings. The van der Waals surface area contributed by atoms with Crippen LogP contribution in [0.15, 0.2) is 54.6 Å². The zero-order valence-electron chi connectivity index (χ0n) is 11.3. The van der Waals surface area contributed by atoms with E-state index < -0.39 is 0 Å². The monoisotopic (exact) mass is 295 g/mol. The summed E-state index contributed by atoms with van der Waals surface area (Å²) < 4.78 is 0. The van der Waals surface area contributed by atoms with Gasteiger partial charge in [0.1, 0.15) is 0 Å². The van der Waals surface area contributed by atoms with Crippen molar-refractivity contribution < 1.29 is 5.11 Å². The van der Waals surface area contributed by atoms with Crippen LogP contribution < -0.4 is 0 Å². The van der Waals surface area contributed by atoms with Crippen molar-refractivity contribution >= 4 is 34.7 Å². The van der Waals surface area contributed by atoms with Gasteiger partial charge in [0, 0.05) is 10.4 Å². The highest BCUT2D eigenvalue weighted by Gasteiger charge is 1.98. The summed E-state index contributed by atoms with van der Waals surface area (Å²) in [7, 11) is 0. The Bertz CT molecular complexity index is 811. The molecule has 0 atom stereocenters. The molecule has 1 aromatic heterocycles. The van der Waals surface area contributed by atoms with E-state index >= 15 is 0 Å². The van der Waals surface area contributed by atoms with Crippen molar-refractivity contribution in [3.05, 3.63) is 76.4 Å². The maximum Gasteiger partial charge on any atom is 0.0724 e. The van der Waals surface area contributed by atoms with Crippen LogP contribution in [0.5, 0.6) is 0 Å². The quantitative estimate of drug-likeness (QED) is 0.769. The van der Waals surface area contributed by atoms with Crippen molar-refractivity contribution in [2.45, 2.75) is 6.61 Å². The molecule has 0 radical (unpaired) electrons. The van der Waals surface area contributed by atoms with Gasteiger partial charge in [0.25, 0.3) is 0 Å². The SMILES string of the molecule is OCc1cccc(C=Cc2ccc3ccc(Cl)cc3n2)c1. The molecule has 1 N–H and O–H groups in total. The molecule has 0 saturated heterocycles. The summed E-state index contributed by atoms with van der Waals surface area (Å²) in [5, 5.41) is 10.9. The molecule has 0 aliphatic carbocycles. The first-order chi connectivity index (χ1) is 10.2. The zero-order chi connectivity index (χ0) is 14.7. The number of halogens is 1. The van der Waals surface area contributed by atoms with E-state index in [1.165, 1.54) is 0 Å². The van der Waals surface area contributed by atoms with Gasteiger partial charge in [-0.15, -0.1) is 0 Å². The van der Waals surface area contributed by atoms with Crippen LogP contribution in [0, 0.1) is 0 Å². The fourth-order valence-corrected chi connectivity index (χ4v) is 2.34. The molecule has 0 saturated carbocycles. The van der Waals surface area contributed by atoms with E-state index in [-0.39, 0.29) is 6.61 Å². The molecule has 0 spiro atoms. The van der Waals surface area contributed by atoms with Gasteiger partial charge in [-0.25, -0.2) is 4.98 Å². The highest BCUT2D eigenvalue weighted by molar-refractivity contribution is 6.31. The third-order valence-corrected chi connectivity index (χ3v) is 3.49. The minimum atomic E-state index is 0.0500. The predicted molar refractivity (Wildman–Crippen MR) is 88.0 cm³/mol. The van der Waals surface area contributed by atoms with Crippen LogP contribution in [-0.4, -0.2) is 10.1 Å². The number of aliphatic hydroxyl groups is 1. The van der Waals surface area contributed by atoms with E-state index in [1.54, 1.807) is 0 Å². The highest BCUT2D eigenvalue weighted by atomic mass is 35.5. The highest BCUT2D eigenvalue weighted by Crippen LogP contribution is 2.19. The number of aliphatic hydroxyl groups excluding tert-OH is 1. The summed E-state index contributed by atoms with van der Waals surface area (Å²) in [5.41, 5.74) is 3.69.